The third-order valence-electron chi connectivity index (χ3n) is 4.10. The summed E-state index contributed by atoms with van der Waals surface area (Å²) in [5, 5.41) is 4.76. The zero-order valence-corrected chi connectivity index (χ0v) is 14.0. The summed E-state index contributed by atoms with van der Waals surface area (Å²) in [4.78, 5) is 10.9. The molecule has 0 spiro atoms. The Balaban J connectivity index is 2.41. The Morgan fingerprint density at radius 1 is 1.12 bits per heavy atom. The van der Waals surface area contributed by atoms with Gasteiger partial charge in [-0.25, -0.2) is 8.91 Å². The van der Waals surface area contributed by atoms with Crippen molar-refractivity contribution in [3.05, 3.63) is 65.1 Å². The molecular weight excluding hydrogens is 303 g/mol. The lowest BCUT2D eigenvalue weighted by Crippen LogP contribution is -2.06. The van der Waals surface area contributed by atoms with Gasteiger partial charge in [0.25, 0.3) is 0 Å². The molecule has 3 rings (SSSR count). The monoisotopic (exact) mass is 322 g/mol. The van der Waals surface area contributed by atoms with E-state index in [0.29, 0.717) is 0 Å². The predicted molar refractivity (Wildman–Crippen MR) is 94.5 cm³/mol. The highest BCUT2D eigenvalue weighted by molar-refractivity contribution is 5.84. The Morgan fingerprint density at radius 2 is 1.83 bits per heavy atom. The number of hydrogen-bond acceptors (Lipinski definition) is 2. The molecule has 4 heteroatoms. The number of nitrogens with zero attached hydrogens (tertiary/aromatic N) is 2. The molecule has 1 aromatic carbocycles. The van der Waals surface area contributed by atoms with Crippen LogP contribution >= 0.6 is 0 Å². The van der Waals surface area contributed by atoms with E-state index in [1.165, 1.54) is 18.2 Å². The van der Waals surface area contributed by atoms with Crippen molar-refractivity contribution in [2.45, 2.75) is 26.7 Å². The van der Waals surface area contributed by atoms with Crippen LogP contribution in [0.1, 0.15) is 36.6 Å². The normalized spacial score (nSPS) is 11.7. The zero-order valence-electron chi connectivity index (χ0n) is 14.0. The number of allylic oxidation sites excluding steroid dienone is 1. The molecule has 2 heterocycles. The quantitative estimate of drug-likeness (QED) is 0.511. The van der Waals surface area contributed by atoms with Crippen LogP contribution in [0.2, 0.25) is 0 Å². The van der Waals surface area contributed by atoms with Gasteiger partial charge >= 0.3 is 0 Å². The molecule has 0 aliphatic heterocycles. The fourth-order valence-electron chi connectivity index (χ4n) is 3.02. The minimum Gasteiger partial charge on any atom is -0.299 e. The number of carbonyl (C=O) groups excluding carboxylic acids is 1. The van der Waals surface area contributed by atoms with Gasteiger partial charge in [-0.2, -0.15) is 5.10 Å². The Bertz CT molecular complexity index is 921. The van der Waals surface area contributed by atoms with E-state index in [0.717, 1.165) is 39.9 Å². The SMILES string of the molecule is Cc1ccc2c(C(C)C)c(C=CC=O)c(-c3ccc(F)cc3)nn12. The fraction of sp³-hybridized carbons (Fsp3) is 0.200. The van der Waals surface area contributed by atoms with Crippen LogP contribution in [-0.4, -0.2) is 15.9 Å². The Labute approximate surface area is 140 Å². The molecule has 122 valence electrons. The lowest BCUT2D eigenvalue weighted by Gasteiger charge is -2.17. The van der Waals surface area contributed by atoms with E-state index in [1.807, 2.05) is 23.6 Å². The summed E-state index contributed by atoms with van der Waals surface area (Å²) in [6, 6.07) is 10.3. The van der Waals surface area contributed by atoms with Crippen molar-refractivity contribution in [3.8, 4) is 11.3 Å². The van der Waals surface area contributed by atoms with E-state index < -0.39 is 0 Å². The molecule has 3 nitrogen and oxygen atoms in total. The molecule has 3 aromatic rings. The van der Waals surface area contributed by atoms with Crippen molar-refractivity contribution < 1.29 is 9.18 Å². The molecule has 0 saturated heterocycles. The van der Waals surface area contributed by atoms with E-state index in [9.17, 15) is 9.18 Å². The third kappa shape index (κ3) is 2.75. The molecule has 0 atom stereocenters. The first-order valence-corrected chi connectivity index (χ1v) is 7.93. The summed E-state index contributed by atoms with van der Waals surface area (Å²) < 4.78 is 15.2. The second kappa shape index (κ2) is 6.40. The molecule has 0 aliphatic carbocycles. The maximum Gasteiger partial charge on any atom is 0.142 e. The summed E-state index contributed by atoms with van der Waals surface area (Å²) in [6.07, 6.45) is 4.02. The van der Waals surface area contributed by atoms with Crippen molar-refractivity contribution in [1.29, 1.82) is 0 Å². The minimum atomic E-state index is -0.286. The number of benzene rings is 1. The molecule has 0 radical (unpaired) electrons. The van der Waals surface area contributed by atoms with Crippen LogP contribution in [-0.2, 0) is 4.79 Å². The molecule has 0 amide bonds. The van der Waals surface area contributed by atoms with Crippen molar-refractivity contribution in [3.63, 3.8) is 0 Å². The van der Waals surface area contributed by atoms with Gasteiger partial charge < -0.3 is 0 Å². The van der Waals surface area contributed by atoms with Crippen molar-refractivity contribution in [2.75, 3.05) is 0 Å². The Kier molecular flexibility index (Phi) is 4.30. The largest absolute Gasteiger partial charge is 0.299 e. The maximum atomic E-state index is 13.3. The first-order valence-electron chi connectivity index (χ1n) is 7.93. The molecular formula is C20H19FN2O. The summed E-state index contributed by atoms with van der Waals surface area (Å²) in [6.45, 7) is 6.23. The van der Waals surface area contributed by atoms with E-state index in [1.54, 1.807) is 18.2 Å². The van der Waals surface area contributed by atoms with Gasteiger partial charge in [0.1, 0.15) is 12.1 Å². The molecule has 0 fully saturated rings. The van der Waals surface area contributed by atoms with Crippen LogP contribution in [0, 0.1) is 12.7 Å². The van der Waals surface area contributed by atoms with E-state index in [2.05, 4.69) is 13.8 Å². The van der Waals surface area contributed by atoms with Gasteiger partial charge in [0, 0.05) is 16.8 Å². The van der Waals surface area contributed by atoms with Crippen molar-refractivity contribution in [1.82, 2.24) is 9.61 Å². The van der Waals surface area contributed by atoms with E-state index in [4.69, 9.17) is 5.10 Å². The molecule has 0 bridgehead atoms. The number of aldehydes is 1. The number of rotatable bonds is 4. The second-order valence-corrected chi connectivity index (χ2v) is 6.10. The summed E-state index contributed by atoms with van der Waals surface area (Å²) in [5.74, 6) is -0.0404. The first kappa shape index (κ1) is 16.1. The van der Waals surface area contributed by atoms with Gasteiger partial charge in [-0.1, -0.05) is 13.8 Å². The molecule has 24 heavy (non-hydrogen) atoms. The highest BCUT2D eigenvalue weighted by Gasteiger charge is 2.18. The molecule has 0 saturated carbocycles. The smallest absolute Gasteiger partial charge is 0.142 e. The molecule has 0 aliphatic rings. The van der Waals surface area contributed by atoms with Gasteiger partial charge in [-0.15, -0.1) is 0 Å². The minimum absolute atomic E-state index is 0.246. The molecule has 0 N–H and O–H groups in total. The van der Waals surface area contributed by atoms with Gasteiger partial charge in [0.2, 0.25) is 0 Å². The zero-order chi connectivity index (χ0) is 17.3. The standard InChI is InChI=1S/C20H19FN2O/c1-13(2)19-17(5-4-12-24)20(15-7-9-16(21)10-8-15)22-23-14(3)6-11-18(19)23/h4-13H,1-3H3. The van der Waals surface area contributed by atoms with Crippen LogP contribution in [0.5, 0.6) is 0 Å². The van der Waals surface area contributed by atoms with E-state index >= 15 is 0 Å². The second-order valence-electron chi connectivity index (χ2n) is 6.10. The maximum absolute atomic E-state index is 13.3. The number of aryl methyl sites for hydroxylation is 1. The van der Waals surface area contributed by atoms with Crippen molar-refractivity contribution >= 4 is 17.9 Å². The van der Waals surface area contributed by atoms with Crippen LogP contribution in [0.25, 0.3) is 22.9 Å². The van der Waals surface area contributed by atoms with E-state index in [-0.39, 0.29) is 11.7 Å². The van der Waals surface area contributed by atoms with Gasteiger partial charge in [0.15, 0.2) is 0 Å². The third-order valence-corrected chi connectivity index (χ3v) is 4.10. The van der Waals surface area contributed by atoms with Crippen LogP contribution in [0.15, 0.2) is 42.5 Å². The number of carbonyl (C=O) groups is 1. The fourth-order valence-corrected chi connectivity index (χ4v) is 3.02. The average molecular weight is 322 g/mol. The summed E-state index contributed by atoms with van der Waals surface area (Å²) >= 11 is 0. The van der Waals surface area contributed by atoms with Crippen LogP contribution in [0.4, 0.5) is 4.39 Å². The van der Waals surface area contributed by atoms with Crippen LogP contribution in [0.3, 0.4) is 0 Å². The van der Waals surface area contributed by atoms with Crippen LogP contribution < -0.4 is 0 Å². The number of fused-ring (bicyclic) bond motifs is 1. The number of halogens is 1. The summed E-state index contributed by atoms with van der Waals surface area (Å²) in [7, 11) is 0. The van der Waals surface area contributed by atoms with Crippen molar-refractivity contribution in [2.24, 2.45) is 0 Å². The Hall–Kier alpha value is -2.75. The highest BCUT2D eigenvalue weighted by atomic mass is 19.1. The Morgan fingerprint density at radius 3 is 2.46 bits per heavy atom. The molecule has 0 unspecified atom stereocenters. The topological polar surface area (TPSA) is 34.4 Å². The lowest BCUT2D eigenvalue weighted by molar-refractivity contribution is -0.104. The highest BCUT2D eigenvalue weighted by Crippen LogP contribution is 2.33. The van der Waals surface area contributed by atoms with Gasteiger partial charge in [-0.05, 0) is 67.0 Å². The average Bonchev–Trinajstić information content (AvgIpc) is 2.93. The van der Waals surface area contributed by atoms with Gasteiger partial charge in [0.05, 0.1) is 11.2 Å². The lowest BCUT2D eigenvalue weighted by atomic mass is 9.93. The predicted octanol–water partition coefficient (Wildman–Crippen LogP) is 4.78. The van der Waals surface area contributed by atoms with Gasteiger partial charge in [-0.3, -0.25) is 4.79 Å². The number of aromatic nitrogens is 2. The number of hydrogen-bond donors (Lipinski definition) is 0. The molecule has 2 aromatic heterocycles. The first-order chi connectivity index (χ1) is 11.5. The summed E-state index contributed by atoms with van der Waals surface area (Å²) in [5.41, 5.74) is 5.63.